The lowest BCUT2D eigenvalue weighted by Crippen LogP contribution is -2.34. The lowest BCUT2D eigenvalue weighted by atomic mass is 9.74. The number of carbonyl (C=O) groups is 5. The maximum atomic E-state index is 12.6. The van der Waals surface area contributed by atoms with Gasteiger partial charge in [-0.2, -0.15) is 0 Å². The highest BCUT2D eigenvalue weighted by Crippen LogP contribution is 2.46. The van der Waals surface area contributed by atoms with Crippen molar-refractivity contribution in [2.45, 2.75) is 350 Å². The van der Waals surface area contributed by atoms with Gasteiger partial charge in [-0.3, -0.25) is 24.0 Å². The highest BCUT2D eigenvalue weighted by molar-refractivity contribution is 5.91. The summed E-state index contributed by atoms with van der Waals surface area (Å²) < 4.78 is 17.4. The first-order valence-corrected chi connectivity index (χ1v) is 35.7. The standard InChI is InChI=1S/C29H46O4.C27H48O4.C12H22.C7H14.C2H6/c1-5-9-10-11-12-13-14-15-17-25(30)20-23(16-6-2)21-29(32)33-26-18-19-27(28(31)8-4)24(7-3)22-26;1-4-7-9-11-13-15-19-30-26(29)22-24(21-25(28)6-3)23-27(17-18-27)31-20-16-14-12-10-8-5-2;1-4-6-7-8-9-10-11-12(3)5-2;1-7-5-3-2-4-6-7;1-2/h6,8,15,17,23-24,26-27H,2,4-5,7,9-14,16,18-22H2,1,3H3;6,24H,3-5,7-23H2,1-2H3;2,4,6-11H2,1,3H3;7H,2-6H2,1H3;1-2H3/b17-15-;;;;/t23?,24-,26+,27?;;;;/m1..../s1. The minimum absolute atomic E-state index is 0.000415. The zero-order chi connectivity index (χ0) is 63.6. The Labute approximate surface area is 525 Å². The van der Waals surface area contributed by atoms with Crippen molar-refractivity contribution in [1.29, 1.82) is 0 Å². The second kappa shape index (κ2) is 59.4. The highest BCUT2D eigenvalue weighted by atomic mass is 16.5. The van der Waals surface area contributed by atoms with E-state index in [1.807, 2.05) is 19.9 Å². The maximum absolute atomic E-state index is 12.6. The summed E-state index contributed by atoms with van der Waals surface area (Å²) in [6, 6.07) is 0. The summed E-state index contributed by atoms with van der Waals surface area (Å²) in [6.07, 6.45) is 55.6. The van der Waals surface area contributed by atoms with Crippen molar-refractivity contribution in [2.24, 2.45) is 29.6 Å². The average molecular weight is 1190 g/mol. The Morgan fingerprint density at radius 1 is 0.588 bits per heavy atom. The molecule has 3 fully saturated rings. The molecular weight excluding hydrogens is 1050 g/mol. The van der Waals surface area contributed by atoms with E-state index in [0.717, 1.165) is 83.2 Å². The normalized spacial score (nSPS) is 17.4. The van der Waals surface area contributed by atoms with Gasteiger partial charge in [0.2, 0.25) is 0 Å². The summed E-state index contributed by atoms with van der Waals surface area (Å²) in [4.78, 5) is 61.4. The molecule has 85 heavy (non-hydrogen) atoms. The largest absolute Gasteiger partial charge is 0.466 e. The van der Waals surface area contributed by atoms with Crippen molar-refractivity contribution in [2.75, 3.05) is 13.2 Å². The van der Waals surface area contributed by atoms with Gasteiger partial charge in [-0.05, 0) is 138 Å². The van der Waals surface area contributed by atoms with Crippen LogP contribution in [0.3, 0.4) is 0 Å². The number of hydrogen-bond donors (Lipinski definition) is 0. The predicted octanol–water partition coefficient (Wildman–Crippen LogP) is 22.8. The van der Waals surface area contributed by atoms with E-state index < -0.39 is 0 Å². The van der Waals surface area contributed by atoms with Crippen molar-refractivity contribution in [1.82, 2.24) is 0 Å². The predicted molar refractivity (Wildman–Crippen MR) is 364 cm³/mol. The number of unbranched alkanes of at least 4 members (excludes halogenated alkanes) is 21. The Balaban J connectivity index is 0. The monoisotopic (exact) mass is 1190 g/mol. The lowest BCUT2D eigenvalue weighted by molar-refractivity contribution is -0.153. The van der Waals surface area contributed by atoms with Gasteiger partial charge in [0.15, 0.2) is 17.3 Å². The Bertz CT molecular complexity index is 1760. The number of ketones is 3. The van der Waals surface area contributed by atoms with Crippen LogP contribution in [0.15, 0.2) is 68.0 Å². The van der Waals surface area contributed by atoms with Crippen LogP contribution in [0.25, 0.3) is 0 Å². The van der Waals surface area contributed by atoms with Gasteiger partial charge in [-0.15, -0.1) is 12.3 Å². The van der Waals surface area contributed by atoms with Gasteiger partial charge in [-0.25, -0.2) is 0 Å². The Morgan fingerprint density at radius 3 is 1.60 bits per heavy atom. The summed E-state index contributed by atoms with van der Waals surface area (Å²) in [6.45, 7) is 35.3. The molecule has 8 nitrogen and oxygen atoms in total. The van der Waals surface area contributed by atoms with E-state index in [2.05, 4.69) is 80.5 Å². The first kappa shape index (κ1) is 83.5. The molecule has 8 heteroatoms. The lowest BCUT2D eigenvalue weighted by Gasteiger charge is -2.34. The second-order valence-corrected chi connectivity index (χ2v) is 25.2. The smallest absolute Gasteiger partial charge is 0.306 e. The molecule has 492 valence electrons. The minimum Gasteiger partial charge on any atom is -0.466 e. The SMILES string of the molecule is C=C=C(C)CCCCCCCC.C=CC(=O)CC(CC(=O)OCCCCCCCC)CC1(OCCCCCCCC)CC1.C=CCC(CC(=O)/C=C\CCCCCCCC)CC(=O)O[C@H]1CCC(C(=O)C=C)[C@H](CC)C1.CC.CC1CCCCC1. The molecule has 0 radical (unpaired) electrons. The van der Waals surface area contributed by atoms with Gasteiger partial charge >= 0.3 is 11.9 Å². The van der Waals surface area contributed by atoms with E-state index in [4.69, 9.17) is 14.2 Å². The van der Waals surface area contributed by atoms with E-state index in [0.29, 0.717) is 38.7 Å². The molecule has 3 saturated carbocycles. The number of ether oxygens (including phenoxy) is 3. The van der Waals surface area contributed by atoms with Gasteiger partial charge < -0.3 is 14.2 Å². The second-order valence-electron chi connectivity index (χ2n) is 25.2. The number of esters is 2. The fraction of sp³-hybridized carbons (Fsp3) is 0.792. The molecule has 0 heterocycles. The zero-order valence-corrected chi connectivity index (χ0v) is 57.3. The van der Waals surface area contributed by atoms with Crippen molar-refractivity contribution in [3.8, 4) is 0 Å². The van der Waals surface area contributed by atoms with E-state index in [1.165, 1.54) is 185 Å². The number of rotatable bonds is 47. The van der Waals surface area contributed by atoms with Crippen LogP contribution >= 0.6 is 0 Å². The molecule has 5 atom stereocenters. The van der Waals surface area contributed by atoms with Crippen LogP contribution in [-0.4, -0.2) is 54.2 Å². The molecule has 0 aromatic rings. The van der Waals surface area contributed by atoms with E-state index in [1.54, 1.807) is 12.2 Å². The summed E-state index contributed by atoms with van der Waals surface area (Å²) >= 11 is 0. The van der Waals surface area contributed by atoms with Crippen molar-refractivity contribution in [3.63, 3.8) is 0 Å². The average Bonchev–Trinajstić information content (AvgIpc) is 2.78. The highest BCUT2D eigenvalue weighted by Gasteiger charge is 2.46. The molecule has 3 unspecified atom stereocenters. The fourth-order valence-corrected chi connectivity index (χ4v) is 11.6. The molecule has 3 aliphatic rings. The third-order valence-electron chi connectivity index (χ3n) is 17.2. The van der Waals surface area contributed by atoms with Crippen LogP contribution in [0.5, 0.6) is 0 Å². The summed E-state index contributed by atoms with van der Waals surface area (Å²) in [5.41, 5.74) is 4.13. The quantitative estimate of drug-likeness (QED) is 0.0195. The van der Waals surface area contributed by atoms with E-state index in [9.17, 15) is 24.0 Å². The first-order valence-electron chi connectivity index (χ1n) is 35.7. The van der Waals surface area contributed by atoms with Gasteiger partial charge in [0.25, 0.3) is 0 Å². The van der Waals surface area contributed by atoms with Gasteiger partial charge in [0.05, 0.1) is 12.2 Å². The first-order chi connectivity index (χ1) is 41.2. The molecule has 0 aromatic heterocycles. The third-order valence-corrected chi connectivity index (χ3v) is 17.2. The van der Waals surface area contributed by atoms with E-state index in [-0.39, 0.29) is 71.1 Å². The summed E-state index contributed by atoms with van der Waals surface area (Å²) in [5.74, 6) is 0.892. The topological polar surface area (TPSA) is 113 Å². The number of allylic oxidation sites excluding steroid dienone is 6. The Kier molecular flexibility index (Phi) is 58.3. The van der Waals surface area contributed by atoms with Crippen molar-refractivity contribution in [3.05, 3.63) is 68.0 Å². The van der Waals surface area contributed by atoms with Gasteiger partial charge in [0.1, 0.15) is 6.10 Å². The number of hydrogen-bond acceptors (Lipinski definition) is 8. The van der Waals surface area contributed by atoms with Crippen LogP contribution in [0.4, 0.5) is 0 Å². The molecule has 3 aliphatic carbocycles. The van der Waals surface area contributed by atoms with Crippen LogP contribution in [-0.2, 0) is 38.2 Å². The summed E-state index contributed by atoms with van der Waals surface area (Å²) in [5, 5.41) is 0. The molecule has 0 spiro atoms. The Morgan fingerprint density at radius 2 is 1.11 bits per heavy atom. The molecule has 3 rings (SSSR count). The zero-order valence-electron chi connectivity index (χ0n) is 57.3. The molecule has 0 aliphatic heterocycles. The molecule has 0 aromatic carbocycles. The molecule has 0 saturated heterocycles. The molecular formula is C77H136O8. The van der Waals surface area contributed by atoms with E-state index >= 15 is 0 Å². The van der Waals surface area contributed by atoms with Crippen molar-refractivity contribution >= 4 is 29.3 Å². The van der Waals surface area contributed by atoms with Crippen molar-refractivity contribution < 1.29 is 38.2 Å². The van der Waals surface area contributed by atoms with Crippen LogP contribution in [0.2, 0.25) is 0 Å². The molecule has 0 bridgehead atoms. The van der Waals surface area contributed by atoms with Crippen LogP contribution in [0.1, 0.15) is 338 Å². The molecule has 0 N–H and O–H groups in total. The fourth-order valence-electron chi connectivity index (χ4n) is 11.6. The third kappa shape index (κ3) is 50.0. The van der Waals surface area contributed by atoms with Crippen LogP contribution in [0, 0.1) is 29.6 Å². The maximum Gasteiger partial charge on any atom is 0.306 e. The van der Waals surface area contributed by atoms with Gasteiger partial charge in [-0.1, -0.05) is 254 Å². The summed E-state index contributed by atoms with van der Waals surface area (Å²) in [7, 11) is 0. The Hall–Kier alpha value is -3.61. The van der Waals surface area contributed by atoms with Crippen LogP contribution < -0.4 is 0 Å². The number of carbonyl (C=O) groups excluding carboxylic acids is 5. The molecule has 0 amide bonds. The minimum atomic E-state index is -0.251. The van der Waals surface area contributed by atoms with Gasteiger partial charge in [0, 0.05) is 38.2 Å².